The molecular weight excluding hydrogens is 713 g/mol. The minimum Gasteiger partial charge on any atom is -0.354 e. The summed E-state index contributed by atoms with van der Waals surface area (Å²) in [6.07, 6.45) is 24.4. The predicted molar refractivity (Wildman–Crippen MR) is 260 cm³/mol. The number of allylic oxidation sites excluding steroid dienone is 7. The first-order valence-corrected chi connectivity index (χ1v) is 20.6. The highest BCUT2D eigenvalue weighted by Gasteiger charge is 2.23. The van der Waals surface area contributed by atoms with E-state index < -0.39 is 0 Å². The Labute approximate surface area is 351 Å². The van der Waals surface area contributed by atoms with E-state index >= 15 is 0 Å². The average Bonchev–Trinajstić information content (AvgIpc) is 3.69. The van der Waals surface area contributed by atoms with Crippen molar-refractivity contribution < 1.29 is 0 Å². The summed E-state index contributed by atoms with van der Waals surface area (Å²) in [6.45, 7) is 12.4. The first kappa shape index (κ1) is 41.7. The van der Waals surface area contributed by atoms with Gasteiger partial charge in [-0.3, -0.25) is 0 Å². The molecule has 6 aromatic carbocycles. The summed E-state index contributed by atoms with van der Waals surface area (Å²) in [7, 11) is 0. The molecule has 0 radical (unpaired) electrons. The molecule has 292 valence electrons. The summed E-state index contributed by atoms with van der Waals surface area (Å²) in [5.41, 5.74) is 23.3. The predicted octanol–water partition coefficient (Wildman–Crippen LogP) is 15.1. The van der Waals surface area contributed by atoms with Crippen molar-refractivity contribution in [2.75, 3.05) is 0 Å². The molecule has 1 aliphatic rings. The van der Waals surface area contributed by atoms with Gasteiger partial charge in [0.25, 0.3) is 0 Å². The maximum atomic E-state index is 6.49. The maximum absolute atomic E-state index is 6.49. The first-order valence-electron chi connectivity index (χ1n) is 20.6. The first-order chi connectivity index (χ1) is 29.0. The Balaban J connectivity index is 0.000000191. The average molecular weight is 767 g/mol. The minimum absolute atomic E-state index is 0.165. The van der Waals surface area contributed by atoms with Crippen molar-refractivity contribution in [3.63, 3.8) is 0 Å². The molecule has 0 saturated heterocycles. The number of aryl methyl sites for hydroxylation is 1. The van der Waals surface area contributed by atoms with E-state index in [1.165, 1.54) is 66.3 Å². The Bertz CT molecular complexity index is 2710. The van der Waals surface area contributed by atoms with Crippen molar-refractivity contribution in [2.24, 2.45) is 5.73 Å². The van der Waals surface area contributed by atoms with Crippen molar-refractivity contribution in [3.8, 4) is 23.5 Å². The zero-order valence-electron chi connectivity index (χ0n) is 34.8. The van der Waals surface area contributed by atoms with Gasteiger partial charge in [-0.25, -0.2) is 0 Å². The quantitative estimate of drug-likeness (QED) is 0.111. The number of benzene rings is 6. The van der Waals surface area contributed by atoms with Crippen LogP contribution in [-0.2, 0) is 6.42 Å². The fraction of sp³-hybridized carbons (Fsp3) is 0.123. The van der Waals surface area contributed by atoms with Crippen molar-refractivity contribution in [2.45, 2.75) is 46.6 Å². The van der Waals surface area contributed by atoms with E-state index in [1.807, 2.05) is 50.3 Å². The Kier molecular flexibility index (Phi) is 14.5. The topological polar surface area (TPSA) is 41.8 Å². The van der Waals surface area contributed by atoms with Crippen LogP contribution < -0.4 is 5.73 Å². The van der Waals surface area contributed by atoms with Crippen LogP contribution in [0.3, 0.4) is 0 Å². The molecule has 59 heavy (non-hydrogen) atoms. The fourth-order valence-corrected chi connectivity index (χ4v) is 7.68. The molecule has 2 heteroatoms. The third kappa shape index (κ3) is 9.79. The van der Waals surface area contributed by atoms with Gasteiger partial charge in [-0.2, -0.15) is 0 Å². The highest BCUT2D eigenvalue weighted by Crippen LogP contribution is 2.43. The molecule has 3 N–H and O–H groups in total. The van der Waals surface area contributed by atoms with E-state index in [4.69, 9.17) is 12.2 Å². The Hall–Kier alpha value is -6.92. The summed E-state index contributed by atoms with van der Waals surface area (Å²) < 4.78 is 0. The van der Waals surface area contributed by atoms with Crippen molar-refractivity contribution in [1.29, 1.82) is 0 Å². The van der Waals surface area contributed by atoms with Crippen LogP contribution in [0.25, 0.3) is 62.3 Å². The van der Waals surface area contributed by atoms with Gasteiger partial charge in [0.2, 0.25) is 0 Å². The molecule has 1 atom stereocenters. The van der Waals surface area contributed by atoms with Gasteiger partial charge in [0, 0.05) is 22.3 Å². The highest BCUT2D eigenvalue weighted by molar-refractivity contribution is 6.16. The summed E-state index contributed by atoms with van der Waals surface area (Å²) >= 11 is 0. The maximum Gasteiger partial charge on any atom is 0.0510 e. The molecule has 0 fully saturated rings. The lowest BCUT2D eigenvalue weighted by atomic mass is 9.83. The smallest absolute Gasteiger partial charge is 0.0510 e. The number of nitrogens with two attached hydrogens (primary N) is 1. The van der Waals surface area contributed by atoms with Crippen LogP contribution >= 0.6 is 0 Å². The van der Waals surface area contributed by atoms with Gasteiger partial charge in [-0.15, -0.1) is 6.42 Å². The fourth-order valence-electron chi connectivity index (χ4n) is 7.68. The van der Waals surface area contributed by atoms with Crippen LogP contribution in [0.1, 0.15) is 79.1 Å². The standard InChI is InChI=1S/C29H25N.C26H23N.C2H6/c30-29(26-16-8-3-9-17-26)22-28(25-14-6-2-7-15-25)20-19-23-11-10-18-27(21-23)24-12-4-1-5-13-24;1-5-7-12-19(17(3)4)24-18(6-2)20-13-8-9-14-21(20)26-25(24)22-15-10-11-16-23(22)27-26;1-2/h1-22,29H,30H2;1,6-8,10-13,15-16,27H,2,9,14H2,3-4H3;1-2H3/b20-19+,28-22+;12-7-;. The van der Waals surface area contributed by atoms with E-state index in [0.717, 1.165) is 35.1 Å². The molecule has 0 aliphatic heterocycles. The normalized spacial score (nSPS) is 12.6. The Morgan fingerprint density at radius 3 is 2.15 bits per heavy atom. The molecule has 0 amide bonds. The number of H-pyrrole nitrogens is 1. The van der Waals surface area contributed by atoms with Gasteiger partial charge >= 0.3 is 0 Å². The van der Waals surface area contributed by atoms with Crippen molar-refractivity contribution in [1.82, 2.24) is 4.98 Å². The lowest BCUT2D eigenvalue weighted by Crippen LogP contribution is -2.07. The number of terminal acetylenes is 1. The SMILES string of the molecule is C#C/C=C\C(=C(C)C)c1c(C=C)c2c(c3[nH]c4ccccc4c13)CCC=C2.CC.NC(/C=C(\C=C\c1cccc(-c2ccccc2)c1)c1ccccc1)c1ccccc1. The lowest BCUT2D eigenvalue weighted by molar-refractivity contribution is 0.914. The van der Waals surface area contributed by atoms with Crippen molar-refractivity contribution in [3.05, 3.63) is 221 Å². The van der Waals surface area contributed by atoms with Crippen LogP contribution in [0.5, 0.6) is 0 Å². The zero-order valence-corrected chi connectivity index (χ0v) is 34.8. The number of hydrogen-bond acceptors (Lipinski definition) is 1. The molecule has 8 rings (SSSR count). The van der Waals surface area contributed by atoms with Crippen LogP contribution in [0, 0.1) is 12.3 Å². The number of nitrogens with one attached hydrogen (secondary N) is 1. The van der Waals surface area contributed by atoms with Crippen LogP contribution in [-0.4, -0.2) is 4.98 Å². The van der Waals surface area contributed by atoms with Gasteiger partial charge < -0.3 is 10.7 Å². The number of fused-ring (bicyclic) bond motifs is 5. The second-order valence-corrected chi connectivity index (χ2v) is 14.4. The molecular formula is C57H54N2. The Morgan fingerprint density at radius 1 is 0.797 bits per heavy atom. The summed E-state index contributed by atoms with van der Waals surface area (Å²) in [6, 6.07) is 48.0. The third-order valence-electron chi connectivity index (χ3n) is 10.4. The molecule has 1 aliphatic carbocycles. The van der Waals surface area contributed by atoms with E-state index in [-0.39, 0.29) is 6.04 Å². The minimum atomic E-state index is -0.165. The highest BCUT2D eigenvalue weighted by atomic mass is 14.7. The van der Waals surface area contributed by atoms with Crippen LogP contribution in [0.15, 0.2) is 182 Å². The van der Waals surface area contributed by atoms with Crippen molar-refractivity contribution >= 4 is 51.2 Å². The number of rotatable bonds is 9. The van der Waals surface area contributed by atoms with Crippen LogP contribution in [0.2, 0.25) is 0 Å². The molecule has 2 nitrogen and oxygen atoms in total. The summed E-state index contributed by atoms with van der Waals surface area (Å²) in [5, 5.41) is 2.52. The van der Waals surface area contributed by atoms with E-state index in [1.54, 1.807) is 6.08 Å². The second kappa shape index (κ2) is 20.5. The number of hydrogen-bond donors (Lipinski definition) is 2. The zero-order chi connectivity index (χ0) is 41.6. The molecule has 0 spiro atoms. The second-order valence-electron chi connectivity index (χ2n) is 14.4. The van der Waals surface area contributed by atoms with Gasteiger partial charge in [0.1, 0.15) is 0 Å². The van der Waals surface area contributed by atoms with Gasteiger partial charge in [-0.1, -0.05) is 196 Å². The number of aromatic amines is 1. The number of aromatic nitrogens is 1. The molecule has 0 bridgehead atoms. The van der Waals surface area contributed by atoms with Crippen LogP contribution in [0.4, 0.5) is 0 Å². The molecule has 1 unspecified atom stereocenters. The molecule has 1 heterocycles. The molecule has 0 saturated carbocycles. The molecule has 7 aromatic rings. The Morgan fingerprint density at radius 2 is 1.46 bits per heavy atom. The van der Waals surface area contributed by atoms with Gasteiger partial charge in [0.15, 0.2) is 0 Å². The summed E-state index contributed by atoms with van der Waals surface area (Å²) in [4.78, 5) is 3.69. The van der Waals surface area contributed by atoms with E-state index in [0.29, 0.717) is 0 Å². The summed E-state index contributed by atoms with van der Waals surface area (Å²) in [5.74, 6) is 2.64. The largest absolute Gasteiger partial charge is 0.354 e. The monoisotopic (exact) mass is 766 g/mol. The van der Waals surface area contributed by atoms with Gasteiger partial charge in [-0.05, 0) is 112 Å². The van der Waals surface area contributed by atoms with E-state index in [9.17, 15) is 0 Å². The number of para-hydroxylation sites is 1. The van der Waals surface area contributed by atoms with Gasteiger partial charge in [0.05, 0.1) is 5.52 Å². The lowest BCUT2D eigenvalue weighted by Gasteiger charge is -2.21. The third-order valence-corrected chi connectivity index (χ3v) is 10.4. The molecule has 1 aromatic heterocycles. The van der Waals surface area contributed by atoms with E-state index in [2.05, 4.69) is 177 Å².